The molecule has 0 bridgehead atoms. The fourth-order valence-electron chi connectivity index (χ4n) is 2.11. The molecule has 0 aliphatic carbocycles. The summed E-state index contributed by atoms with van der Waals surface area (Å²) in [6.45, 7) is 1.59. The predicted molar refractivity (Wildman–Crippen MR) is 49.3 cm³/mol. The lowest BCUT2D eigenvalue weighted by Crippen LogP contribution is -2.56. The minimum atomic E-state index is -1.05. The molecule has 0 aromatic carbocycles. The molecule has 2 rings (SSSR count). The molecule has 0 spiro atoms. The molecule has 0 aromatic rings. The summed E-state index contributed by atoms with van der Waals surface area (Å²) in [5.41, 5.74) is 0.921. The van der Waals surface area contributed by atoms with Gasteiger partial charge in [0.05, 0.1) is 12.7 Å². The standard InChI is InChI=1S/C9H15NO4/c1-4-2-5-7(10-4)9(13)8(12)6(3-11)14-5/h5-9,11-13H,2-3H2,1H3/t5-,6?,7?,8+,9+/m0/s1. The van der Waals surface area contributed by atoms with Crippen LogP contribution in [-0.4, -0.2) is 58.1 Å². The third-order valence-corrected chi connectivity index (χ3v) is 2.86. The second kappa shape index (κ2) is 3.58. The largest absolute Gasteiger partial charge is 0.394 e. The number of hydrogen-bond donors (Lipinski definition) is 3. The molecule has 1 fully saturated rings. The molecule has 5 heteroatoms. The number of aliphatic imine (C=N–C) groups is 1. The number of aliphatic hydroxyl groups excluding tert-OH is 3. The SMILES string of the molecule is CC1=NC2[C@H](C1)OC(CO)[C@@H](O)[C@@H]2O. The van der Waals surface area contributed by atoms with E-state index in [1.54, 1.807) is 0 Å². The maximum atomic E-state index is 9.72. The van der Waals surface area contributed by atoms with Gasteiger partial charge in [0.1, 0.15) is 24.4 Å². The Morgan fingerprint density at radius 1 is 1.43 bits per heavy atom. The molecule has 2 heterocycles. The van der Waals surface area contributed by atoms with Gasteiger partial charge in [-0.05, 0) is 6.92 Å². The van der Waals surface area contributed by atoms with Crippen molar-refractivity contribution in [1.82, 2.24) is 0 Å². The second-order valence-electron chi connectivity index (χ2n) is 3.94. The van der Waals surface area contributed by atoms with Crippen molar-refractivity contribution >= 4 is 5.71 Å². The second-order valence-corrected chi connectivity index (χ2v) is 3.94. The minimum absolute atomic E-state index is 0.189. The molecule has 80 valence electrons. The van der Waals surface area contributed by atoms with Crippen LogP contribution in [0.3, 0.4) is 0 Å². The number of ether oxygens (including phenoxy) is 1. The highest BCUT2D eigenvalue weighted by molar-refractivity contribution is 5.84. The van der Waals surface area contributed by atoms with Crippen molar-refractivity contribution in [3.63, 3.8) is 0 Å². The topological polar surface area (TPSA) is 82.3 Å². The highest BCUT2D eigenvalue weighted by Gasteiger charge is 2.46. The van der Waals surface area contributed by atoms with Crippen LogP contribution in [-0.2, 0) is 4.74 Å². The van der Waals surface area contributed by atoms with Crippen LogP contribution in [0.1, 0.15) is 13.3 Å². The van der Waals surface area contributed by atoms with Gasteiger partial charge in [-0.15, -0.1) is 0 Å². The van der Waals surface area contributed by atoms with Crippen molar-refractivity contribution < 1.29 is 20.1 Å². The summed E-state index contributed by atoms with van der Waals surface area (Å²) in [6.07, 6.45) is -2.18. The molecule has 2 aliphatic heterocycles. The molecule has 2 unspecified atom stereocenters. The van der Waals surface area contributed by atoms with Gasteiger partial charge in [-0.2, -0.15) is 0 Å². The summed E-state index contributed by atoms with van der Waals surface area (Å²) < 4.78 is 5.44. The Hall–Kier alpha value is -0.490. The first kappa shape index (κ1) is 10.0. The van der Waals surface area contributed by atoms with Crippen LogP contribution in [0.5, 0.6) is 0 Å². The van der Waals surface area contributed by atoms with E-state index in [0.717, 1.165) is 5.71 Å². The van der Waals surface area contributed by atoms with E-state index in [9.17, 15) is 10.2 Å². The van der Waals surface area contributed by atoms with Gasteiger partial charge in [0.15, 0.2) is 0 Å². The summed E-state index contributed by atoms with van der Waals surface area (Å²) in [5.74, 6) is 0. The molecule has 1 saturated heterocycles. The lowest BCUT2D eigenvalue weighted by atomic mass is 9.93. The normalized spacial score (nSPS) is 47.4. The maximum Gasteiger partial charge on any atom is 0.110 e. The molecule has 0 radical (unpaired) electrons. The van der Waals surface area contributed by atoms with E-state index in [1.807, 2.05) is 6.92 Å². The Bertz CT molecular complexity index is 255. The average molecular weight is 201 g/mol. The maximum absolute atomic E-state index is 9.72. The molecule has 0 aromatic heterocycles. The molecule has 2 aliphatic rings. The average Bonchev–Trinajstić information content (AvgIpc) is 2.52. The molecule has 5 atom stereocenters. The highest BCUT2D eigenvalue weighted by atomic mass is 16.5. The summed E-state index contributed by atoms with van der Waals surface area (Å²) in [5, 5.41) is 28.2. The van der Waals surface area contributed by atoms with Crippen molar-refractivity contribution in [1.29, 1.82) is 0 Å². The van der Waals surface area contributed by atoms with Gasteiger partial charge in [-0.25, -0.2) is 0 Å². The van der Waals surface area contributed by atoms with Crippen LogP contribution in [0.25, 0.3) is 0 Å². The molecule has 5 nitrogen and oxygen atoms in total. The zero-order valence-corrected chi connectivity index (χ0v) is 8.00. The van der Waals surface area contributed by atoms with Crippen LogP contribution in [0.2, 0.25) is 0 Å². The summed E-state index contributed by atoms with van der Waals surface area (Å²) in [7, 11) is 0. The van der Waals surface area contributed by atoms with Gasteiger partial charge >= 0.3 is 0 Å². The first-order valence-corrected chi connectivity index (χ1v) is 4.79. The molecule has 0 amide bonds. The number of hydrogen-bond acceptors (Lipinski definition) is 5. The third kappa shape index (κ3) is 1.46. The Labute approximate surface area is 82.0 Å². The third-order valence-electron chi connectivity index (χ3n) is 2.86. The van der Waals surface area contributed by atoms with Crippen LogP contribution >= 0.6 is 0 Å². The van der Waals surface area contributed by atoms with Gasteiger partial charge in [0.2, 0.25) is 0 Å². The number of aliphatic hydroxyl groups is 3. The molecule has 14 heavy (non-hydrogen) atoms. The van der Waals surface area contributed by atoms with E-state index in [2.05, 4.69) is 4.99 Å². The molecule has 0 saturated carbocycles. The van der Waals surface area contributed by atoms with E-state index < -0.39 is 18.3 Å². The van der Waals surface area contributed by atoms with Crippen LogP contribution in [0, 0.1) is 0 Å². The minimum Gasteiger partial charge on any atom is -0.394 e. The zero-order chi connectivity index (χ0) is 10.3. The number of fused-ring (bicyclic) bond motifs is 1. The molecular weight excluding hydrogens is 186 g/mol. The van der Waals surface area contributed by atoms with Crippen molar-refractivity contribution in [3.05, 3.63) is 0 Å². The first-order chi connectivity index (χ1) is 6.63. The lowest BCUT2D eigenvalue weighted by molar-refractivity contribution is -0.182. The predicted octanol–water partition coefficient (Wildman–Crippen LogP) is -1.30. The van der Waals surface area contributed by atoms with E-state index >= 15 is 0 Å². The van der Waals surface area contributed by atoms with Crippen molar-refractivity contribution in [2.75, 3.05) is 6.61 Å². The van der Waals surface area contributed by atoms with E-state index in [1.165, 1.54) is 0 Å². The van der Waals surface area contributed by atoms with Crippen LogP contribution in [0.15, 0.2) is 4.99 Å². The molecular formula is C9H15NO4. The Morgan fingerprint density at radius 2 is 2.14 bits per heavy atom. The fraction of sp³-hybridized carbons (Fsp3) is 0.889. The monoisotopic (exact) mass is 201 g/mol. The van der Waals surface area contributed by atoms with Crippen molar-refractivity contribution in [3.8, 4) is 0 Å². The zero-order valence-electron chi connectivity index (χ0n) is 8.00. The van der Waals surface area contributed by atoms with Gasteiger partial charge in [-0.1, -0.05) is 0 Å². The number of nitrogens with zero attached hydrogens (tertiary/aromatic N) is 1. The molecule has 3 N–H and O–H groups in total. The van der Waals surface area contributed by atoms with Gasteiger partial charge in [-0.3, -0.25) is 4.99 Å². The van der Waals surface area contributed by atoms with Crippen LogP contribution < -0.4 is 0 Å². The Morgan fingerprint density at radius 3 is 2.79 bits per heavy atom. The lowest BCUT2D eigenvalue weighted by Gasteiger charge is -2.38. The number of rotatable bonds is 1. The van der Waals surface area contributed by atoms with Gasteiger partial charge < -0.3 is 20.1 Å². The highest BCUT2D eigenvalue weighted by Crippen LogP contribution is 2.29. The van der Waals surface area contributed by atoms with Crippen molar-refractivity contribution in [2.24, 2.45) is 4.99 Å². The Balaban J connectivity index is 2.14. The fourth-order valence-corrected chi connectivity index (χ4v) is 2.11. The summed E-state index contributed by atoms with van der Waals surface area (Å²) in [4.78, 5) is 4.21. The van der Waals surface area contributed by atoms with Gasteiger partial charge in [0.25, 0.3) is 0 Å². The van der Waals surface area contributed by atoms with Crippen molar-refractivity contribution in [2.45, 2.75) is 43.8 Å². The summed E-state index contributed by atoms with van der Waals surface area (Å²) in [6, 6.07) is -0.368. The first-order valence-electron chi connectivity index (χ1n) is 4.79. The van der Waals surface area contributed by atoms with Crippen LogP contribution in [0.4, 0.5) is 0 Å². The summed E-state index contributed by atoms with van der Waals surface area (Å²) >= 11 is 0. The van der Waals surface area contributed by atoms with Gasteiger partial charge in [0, 0.05) is 12.1 Å². The quantitative estimate of drug-likeness (QED) is 0.492. The van der Waals surface area contributed by atoms with E-state index in [4.69, 9.17) is 9.84 Å². The Kier molecular flexibility index (Phi) is 2.57. The smallest absolute Gasteiger partial charge is 0.110 e. The van der Waals surface area contributed by atoms with E-state index in [-0.39, 0.29) is 18.8 Å². The van der Waals surface area contributed by atoms with E-state index in [0.29, 0.717) is 6.42 Å².